The second-order valence-electron chi connectivity index (χ2n) is 3.49. The number of benzene rings is 1. The minimum absolute atomic E-state index is 0.663. The average molecular weight is 234 g/mol. The number of nitrogens with zero attached hydrogens (tertiary/aromatic N) is 2. The summed E-state index contributed by atoms with van der Waals surface area (Å²) in [6.07, 6.45) is 1.55. The highest BCUT2D eigenvalue weighted by Gasteiger charge is 1.99. The number of aryl methyl sites for hydroxylation is 1. The predicted molar refractivity (Wildman–Crippen MR) is 65.5 cm³/mol. The van der Waals surface area contributed by atoms with Crippen LogP contribution in [0.3, 0.4) is 0 Å². The van der Waals surface area contributed by atoms with Gasteiger partial charge < -0.3 is 5.32 Å². The zero-order valence-electron chi connectivity index (χ0n) is 8.94. The third-order valence-corrected chi connectivity index (χ3v) is 2.59. The van der Waals surface area contributed by atoms with Crippen LogP contribution in [0.1, 0.15) is 11.3 Å². The largest absolute Gasteiger partial charge is 0.366 e. The van der Waals surface area contributed by atoms with Gasteiger partial charge >= 0.3 is 0 Å². The molecule has 0 atom stereocenters. The molecule has 0 fully saturated rings. The van der Waals surface area contributed by atoms with E-state index in [0.717, 1.165) is 22.1 Å². The number of rotatable bonds is 3. The van der Waals surface area contributed by atoms with Gasteiger partial charge in [0.2, 0.25) is 0 Å². The van der Waals surface area contributed by atoms with Crippen molar-refractivity contribution in [1.29, 1.82) is 0 Å². The van der Waals surface area contributed by atoms with Crippen LogP contribution in [0.4, 0.5) is 5.82 Å². The van der Waals surface area contributed by atoms with Crippen LogP contribution in [0.5, 0.6) is 0 Å². The van der Waals surface area contributed by atoms with Gasteiger partial charge in [-0.1, -0.05) is 29.8 Å². The second kappa shape index (κ2) is 4.94. The van der Waals surface area contributed by atoms with Crippen LogP contribution in [0.15, 0.2) is 36.7 Å². The molecule has 0 aliphatic rings. The second-order valence-corrected chi connectivity index (χ2v) is 3.90. The molecule has 0 saturated carbocycles. The van der Waals surface area contributed by atoms with E-state index in [1.165, 1.54) is 0 Å². The Bertz CT molecular complexity index is 485. The number of aromatic nitrogens is 2. The van der Waals surface area contributed by atoms with E-state index >= 15 is 0 Å². The first-order valence-electron chi connectivity index (χ1n) is 5.01. The fourth-order valence-electron chi connectivity index (χ4n) is 1.38. The Hall–Kier alpha value is -1.61. The molecule has 0 aliphatic heterocycles. The summed E-state index contributed by atoms with van der Waals surface area (Å²) in [5.74, 6) is 0.812. The SMILES string of the molecule is Cc1cc(NCc2ccccc2Cl)ncn1. The van der Waals surface area contributed by atoms with Gasteiger partial charge in [0.15, 0.2) is 0 Å². The minimum atomic E-state index is 0.663. The van der Waals surface area contributed by atoms with Gasteiger partial charge in [0.25, 0.3) is 0 Å². The number of hydrogen-bond acceptors (Lipinski definition) is 3. The fraction of sp³-hybridized carbons (Fsp3) is 0.167. The molecule has 0 unspecified atom stereocenters. The molecule has 1 aromatic carbocycles. The quantitative estimate of drug-likeness (QED) is 0.886. The van der Waals surface area contributed by atoms with Gasteiger partial charge in [0, 0.05) is 23.3 Å². The van der Waals surface area contributed by atoms with E-state index in [-0.39, 0.29) is 0 Å². The molecule has 0 amide bonds. The standard InChI is InChI=1S/C12H12ClN3/c1-9-6-12(16-8-15-9)14-7-10-4-2-3-5-11(10)13/h2-6,8H,7H2,1H3,(H,14,15,16). The maximum Gasteiger partial charge on any atom is 0.129 e. The normalized spacial score (nSPS) is 10.1. The monoisotopic (exact) mass is 233 g/mol. The van der Waals surface area contributed by atoms with Crippen LogP contribution in [0, 0.1) is 6.92 Å². The molecule has 1 N–H and O–H groups in total. The molecule has 16 heavy (non-hydrogen) atoms. The zero-order chi connectivity index (χ0) is 11.4. The van der Waals surface area contributed by atoms with Gasteiger partial charge in [0.1, 0.15) is 12.1 Å². The van der Waals surface area contributed by atoms with E-state index in [1.54, 1.807) is 6.33 Å². The summed E-state index contributed by atoms with van der Waals surface area (Å²) in [6, 6.07) is 9.65. The predicted octanol–water partition coefficient (Wildman–Crippen LogP) is 3.05. The number of halogens is 1. The maximum absolute atomic E-state index is 6.05. The van der Waals surface area contributed by atoms with E-state index in [4.69, 9.17) is 11.6 Å². The van der Waals surface area contributed by atoms with Gasteiger partial charge in [-0.05, 0) is 18.6 Å². The third kappa shape index (κ3) is 2.70. The van der Waals surface area contributed by atoms with Crippen molar-refractivity contribution < 1.29 is 0 Å². The number of hydrogen-bond donors (Lipinski definition) is 1. The third-order valence-electron chi connectivity index (χ3n) is 2.22. The molecule has 0 bridgehead atoms. The van der Waals surface area contributed by atoms with E-state index in [0.29, 0.717) is 6.54 Å². The van der Waals surface area contributed by atoms with E-state index < -0.39 is 0 Å². The van der Waals surface area contributed by atoms with E-state index in [9.17, 15) is 0 Å². The van der Waals surface area contributed by atoms with Crippen molar-refractivity contribution in [3.63, 3.8) is 0 Å². The zero-order valence-corrected chi connectivity index (χ0v) is 9.70. The molecule has 2 rings (SSSR count). The summed E-state index contributed by atoms with van der Waals surface area (Å²) in [7, 11) is 0. The highest BCUT2D eigenvalue weighted by atomic mass is 35.5. The number of anilines is 1. The Morgan fingerprint density at radius 2 is 2.06 bits per heavy atom. The lowest BCUT2D eigenvalue weighted by Crippen LogP contribution is -2.02. The van der Waals surface area contributed by atoms with Gasteiger partial charge in [-0.15, -0.1) is 0 Å². The van der Waals surface area contributed by atoms with Crippen LogP contribution in [0.25, 0.3) is 0 Å². The maximum atomic E-state index is 6.05. The molecule has 1 heterocycles. The Balaban J connectivity index is 2.05. The van der Waals surface area contributed by atoms with Gasteiger partial charge in [-0.2, -0.15) is 0 Å². The summed E-state index contributed by atoms with van der Waals surface area (Å²) in [4.78, 5) is 8.15. The first-order valence-corrected chi connectivity index (χ1v) is 5.39. The van der Waals surface area contributed by atoms with Gasteiger partial charge in [-0.3, -0.25) is 0 Å². The summed E-state index contributed by atoms with van der Waals surface area (Å²) < 4.78 is 0. The highest BCUT2D eigenvalue weighted by Crippen LogP contribution is 2.16. The first-order chi connectivity index (χ1) is 7.75. The van der Waals surface area contributed by atoms with Crippen molar-refractivity contribution in [2.75, 3.05) is 5.32 Å². The molecule has 82 valence electrons. The van der Waals surface area contributed by atoms with E-state index in [2.05, 4.69) is 15.3 Å². The molecule has 0 saturated heterocycles. The molecular formula is C12H12ClN3. The van der Waals surface area contributed by atoms with Gasteiger partial charge in [0.05, 0.1) is 0 Å². The molecule has 0 aliphatic carbocycles. The smallest absolute Gasteiger partial charge is 0.129 e. The molecular weight excluding hydrogens is 222 g/mol. The fourth-order valence-corrected chi connectivity index (χ4v) is 1.58. The Morgan fingerprint density at radius 1 is 1.25 bits per heavy atom. The Labute approximate surface area is 99.5 Å². The van der Waals surface area contributed by atoms with Crippen LogP contribution < -0.4 is 5.32 Å². The summed E-state index contributed by atoms with van der Waals surface area (Å²) in [5, 5.41) is 3.97. The number of nitrogens with one attached hydrogen (secondary N) is 1. The molecule has 0 radical (unpaired) electrons. The summed E-state index contributed by atoms with van der Waals surface area (Å²) >= 11 is 6.05. The lowest BCUT2D eigenvalue weighted by Gasteiger charge is -2.07. The lowest BCUT2D eigenvalue weighted by atomic mass is 10.2. The molecule has 0 spiro atoms. The first kappa shape index (κ1) is 10.9. The van der Waals surface area contributed by atoms with Crippen molar-refractivity contribution in [1.82, 2.24) is 9.97 Å². The van der Waals surface area contributed by atoms with Crippen LogP contribution >= 0.6 is 11.6 Å². The minimum Gasteiger partial charge on any atom is -0.366 e. The van der Waals surface area contributed by atoms with Crippen molar-refractivity contribution in [2.45, 2.75) is 13.5 Å². The van der Waals surface area contributed by atoms with Crippen molar-refractivity contribution in [3.05, 3.63) is 52.9 Å². The molecule has 1 aromatic heterocycles. The topological polar surface area (TPSA) is 37.8 Å². The van der Waals surface area contributed by atoms with Crippen LogP contribution in [0.2, 0.25) is 5.02 Å². The highest BCUT2D eigenvalue weighted by molar-refractivity contribution is 6.31. The Morgan fingerprint density at radius 3 is 2.81 bits per heavy atom. The molecule has 3 nitrogen and oxygen atoms in total. The van der Waals surface area contributed by atoms with Gasteiger partial charge in [-0.25, -0.2) is 9.97 Å². The average Bonchev–Trinajstić information content (AvgIpc) is 2.28. The van der Waals surface area contributed by atoms with Crippen molar-refractivity contribution >= 4 is 17.4 Å². The molecule has 4 heteroatoms. The van der Waals surface area contributed by atoms with Crippen molar-refractivity contribution in [3.8, 4) is 0 Å². The Kier molecular flexibility index (Phi) is 3.37. The van der Waals surface area contributed by atoms with Crippen LogP contribution in [-0.4, -0.2) is 9.97 Å². The van der Waals surface area contributed by atoms with Crippen LogP contribution in [-0.2, 0) is 6.54 Å². The van der Waals surface area contributed by atoms with Crippen molar-refractivity contribution in [2.24, 2.45) is 0 Å². The lowest BCUT2D eigenvalue weighted by molar-refractivity contribution is 1.05. The summed E-state index contributed by atoms with van der Waals surface area (Å²) in [5.41, 5.74) is 2.00. The van der Waals surface area contributed by atoms with E-state index in [1.807, 2.05) is 37.3 Å². The molecule has 2 aromatic rings. The summed E-state index contributed by atoms with van der Waals surface area (Å²) in [6.45, 7) is 2.60.